The Bertz CT molecular complexity index is 539. The van der Waals surface area contributed by atoms with Gasteiger partial charge >= 0.3 is 0 Å². The summed E-state index contributed by atoms with van der Waals surface area (Å²) in [7, 11) is 0. The topological polar surface area (TPSA) is 9.23 Å². The molecule has 0 heterocycles. The number of benzene rings is 2. The molecule has 0 fully saturated rings. The van der Waals surface area contributed by atoms with E-state index >= 15 is 0 Å². The van der Waals surface area contributed by atoms with Crippen molar-refractivity contribution in [2.45, 2.75) is 46.5 Å². The van der Waals surface area contributed by atoms with Crippen LogP contribution in [0.4, 0.5) is 0 Å². The van der Waals surface area contributed by atoms with E-state index in [-0.39, 0.29) is 0 Å². The molecule has 118 valence electrons. The lowest BCUT2D eigenvalue weighted by Crippen LogP contribution is -2.11. The third-order valence-corrected chi connectivity index (χ3v) is 4.27. The summed E-state index contributed by atoms with van der Waals surface area (Å²) in [5.74, 6) is 1.66. The fourth-order valence-electron chi connectivity index (χ4n) is 2.60. The first kappa shape index (κ1) is 16.6. The number of hydrogen-bond acceptors (Lipinski definition) is 1. The molecule has 0 saturated carbocycles. The number of hydrogen-bond donors (Lipinski definition) is 0. The van der Waals surface area contributed by atoms with E-state index in [4.69, 9.17) is 4.74 Å². The molecule has 0 saturated heterocycles. The summed E-state index contributed by atoms with van der Waals surface area (Å²) >= 11 is 0. The molecule has 0 N–H and O–H groups in total. The van der Waals surface area contributed by atoms with Crippen molar-refractivity contribution in [1.29, 1.82) is 0 Å². The summed E-state index contributed by atoms with van der Waals surface area (Å²) in [6.07, 6.45) is 5.03. The average molecular weight is 296 g/mol. The second kappa shape index (κ2) is 8.63. The van der Waals surface area contributed by atoms with Gasteiger partial charge in [0.15, 0.2) is 0 Å². The highest BCUT2D eigenvalue weighted by Gasteiger charge is 2.07. The molecule has 0 aliphatic rings. The van der Waals surface area contributed by atoms with Crippen molar-refractivity contribution in [3.05, 3.63) is 54.1 Å². The van der Waals surface area contributed by atoms with E-state index in [0.717, 1.165) is 12.4 Å². The van der Waals surface area contributed by atoms with E-state index in [0.29, 0.717) is 5.92 Å². The zero-order valence-corrected chi connectivity index (χ0v) is 14.1. The normalized spacial score (nSPS) is 12.1. The van der Waals surface area contributed by atoms with Crippen molar-refractivity contribution >= 4 is 0 Å². The van der Waals surface area contributed by atoms with E-state index in [9.17, 15) is 0 Å². The maximum atomic E-state index is 5.97. The first-order valence-electron chi connectivity index (χ1n) is 8.52. The first-order valence-corrected chi connectivity index (χ1v) is 8.52. The van der Waals surface area contributed by atoms with Gasteiger partial charge in [-0.05, 0) is 42.5 Å². The van der Waals surface area contributed by atoms with Crippen molar-refractivity contribution in [3.8, 4) is 16.9 Å². The van der Waals surface area contributed by atoms with Gasteiger partial charge < -0.3 is 4.74 Å². The fraction of sp³-hybridized carbons (Fsp3) is 0.429. The molecule has 2 aromatic carbocycles. The number of unbranched alkanes of at least 4 members (excludes halogenated alkanes) is 1. The molecule has 0 bridgehead atoms. The SMILES string of the molecule is CCCCC(CC)COc1ccc(-c2ccc(C)cc2)cc1. The van der Waals surface area contributed by atoms with E-state index in [2.05, 4.69) is 69.3 Å². The maximum Gasteiger partial charge on any atom is 0.119 e. The van der Waals surface area contributed by atoms with Gasteiger partial charge in [0.05, 0.1) is 6.61 Å². The Balaban J connectivity index is 1.92. The Morgan fingerprint density at radius 2 is 1.45 bits per heavy atom. The van der Waals surface area contributed by atoms with Crippen LogP contribution in [0.3, 0.4) is 0 Å². The minimum Gasteiger partial charge on any atom is -0.493 e. The third kappa shape index (κ3) is 4.91. The molecule has 1 heteroatoms. The van der Waals surface area contributed by atoms with Crippen LogP contribution in [0.25, 0.3) is 11.1 Å². The first-order chi connectivity index (χ1) is 10.7. The van der Waals surface area contributed by atoms with Gasteiger partial charge in [0.1, 0.15) is 5.75 Å². The van der Waals surface area contributed by atoms with Crippen LogP contribution in [0, 0.1) is 12.8 Å². The summed E-state index contributed by atoms with van der Waals surface area (Å²) in [4.78, 5) is 0. The van der Waals surface area contributed by atoms with Crippen molar-refractivity contribution in [2.75, 3.05) is 6.61 Å². The predicted molar refractivity (Wildman–Crippen MR) is 95.4 cm³/mol. The molecule has 2 rings (SSSR count). The predicted octanol–water partition coefficient (Wildman–Crippen LogP) is 6.26. The van der Waals surface area contributed by atoms with E-state index in [1.165, 1.54) is 42.4 Å². The van der Waals surface area contributed by atoms with Crippen LogP contribution < -0.4 is 4.74 Å². The Hall–Kier alpha value is -1.76. The average Bonchev–Trinajstić information content (AvgIpc) is 2.56. The molecule has 0 radical (unpaired) electrons. The lowest BCUT2D eigenvalue weighted by Gasteiger charge is -2.15. The minimum absolute atomic E-state index is 0.678. The lowest BCUT2D eigenvalue weighted by atomic mass is 10.0. The fourth-order valence-corrected chi connectivity index (χ4v) is 2.60. The molecule has 0 amide bonds. The maximum absolute atomic E-state index is 5.97. The Kier molecular flexibility index (Phi) is 6.51. The van der Waals surface area contributed by atoms with Crippen molar-refractivity contribution < 1.29 is 4.74 Å². The molecular formula is C21H28O. The quantitative estimate of drug-likeness (QED) is 0.559. The highest BCUT2D eigenvalue weighted by Crippen LogP contribution is 2.23. The molecule has 22 heavy (non-hydrogen) atoms. The smallest absolute Gasteiger partial charge is 0.119 e. The molecule has 1 nitrogen and oxygen atoms in total. The second-order valence-electron chi connectivity index (χ2n) is 6.12. The van der Waals surface area contributed by atoms with Crippen molar-refractivity contribution in [3.63, 3.8) is 0 Å². The van der Waals surface area contributed by atoms with Crippen LogP contribution in [0.15, 0.2) is 48.5 Å². The molecule has 1 unspecified atom stereocenters. The van der Waals surface area contributed by atoms with Crippen LogP contribution in [0.1, 0.15) is 45.1 Å². The van der Waals surface area contributed by atoms with Gasteiger partial charge in [-0.2, -0.15) is 0 Å². The summed E-state index contributed by atoms with van der Waals surface area (Å²) < 4.78 is 5.97. The number of aryl methyl sites for hydroxylation is 1. The lowest BCUT2D eigenvalue weighted by molar-refractivity contribution is 0.233. The van der Waals surface area contributed by atoms with Crippen LogP contribution >= 0.6 is 0 Å². The summed E-state index contributed by atoms with van der Waals surface area (Å²) in [5, 5.41) is 0. The standard InChI is InChI=1S/C21H28O/c1-4-6-7-18(5-2)16-22-21-14-12-20(13-15-21)19-10-8-17(3)9-11-19/h8-15,18H,4-7,16H2,1-3H3. The molecule has 0 aliphatic heterocycles. The van der Waals surface area contributed by atoms with Crippen molar-refractivity contribution in [1.82, 2.24) is 0 Å². The van der Waals surface area contributed by atoms with Gasteiger partial charge in [-0.15, -0.1) is 0 Å². The van der Waals surface area contributed by atoms with Crippen molar-refractivity contribution in [2.24, 2.45) is 5.92 Å². The zero-order chi connectivity index (χ0) is 15.8. The summed E-state index contributed by atoms with van der Waals surface area (Å²) in [5.41, 5.74) is 3.79. The molecular weight excluding hydrogens is 268 g/mol. The number of ether oxygens (including phenoxy) is 1. The molecule has 0 spiro atoms. The Morgan fingerprint density at radius 1 is 0.864 bits per heavy atom. The highest BCUT2D eigenvalue weighted by molar-refractivity contribution is 5.64. The summed E-state index contributed by atoms with van der Waals surface area (Å²) in [6.45, 7) is 7.45. The molecule has 0 aromatic heterocycles. The van der Waals surface area contributed by atoms with Gasteiger partial charge in [-0.3, -0.25) is 0 Å². The van der Waals surface area contributed by atoms with E-state index in [1.807, 2.05) is 0 Å². The second-order valence-corrected chi connectivity index (χ2v) is 6.12. The highest BCUT2D eigenvalue weighted by atomic mass is 16.5. The van der Waals surface area contributed by atoms with Crippen LogP contribution in [0.2, 0.25) is 0 Å². The minimum atomic E-state index is 0.678. The Morgan fingerprint density at radius 3 is 2.00 bits per heavy atom. The molecule has 2 aromatic rings. The largest absolute Gasteiger partial charge is 0.493 e. The van der Waals surface area contributed by atoms with Gasteiger partial charge in [0.2, 0.25) is 0 Å². The Labute approximate surface area is 135 Å². The van der Waals surface area contributed by atoms with Gasteiger partial charge in [-0.25, -0.2) is 0 Å². The molecule has 1 atom stereocenters. The van der Waals surface area contributed by atoms with Crippen LogP contribution in [0.5, 0.6) is 5.75 Å². The van der Waals surface area contributed by atoms with E-state index in [1.54, 1.807) is 0 Å². The van der Waals surface area contributed by atoms with E-state index < -0.39 is 0 Å². The number of rotatable bonds is 8. The third-order valence-electron chi connectivity index (χ3n) is 4.27. The van der Waals surface area contributed by atoms with Gasteiger partial charge in [0.25, 0.3) is 0 Å². The van der Waals surface area contributed by atoms with Gasteiger partial charge in [0, 0.05) is 0 Å². The summed E-state index contributed by atoms with van der Waals surface area (Å²) in [6, 6.07) is 17.1. The van der Waals surface area contributed by atoms with Crippen LogP contribution in [-0.2, 0) is 0 Å². The monoisotopic (exact) mass is 296 g/mol. The van der Waals surface area contributed by atoms with Crippen LogP contribution in [-0.4, -0.2) is 6.61 Å². The van der Waals surface area contributed by atoms with Gasteiger partial charge in [-0.1, -0.05) is 75.1 Å². The zero-order valence-electron chi connectivity index (χ0n) is 14.1. The molecule has 0 aliphatic carbocycles.